The number of hydrogen-bond donors (Lipinski definition) is 0. The highest BCUT2D eigenvalue weighted by Crippen LogP contribution is 2.39. The molecule has 0 amide bonds. The fourth-order valence-corrected chi connectivity index (χ4v) is 3.87. The predicted octanol–water partition coefficient (Wildman–Crippen LogP) is 3.23. The van der Waals surface area contributed by atoms with Crippen molar-refractivity contribution in [3.63, 3.8) is 0 Å². The average Bonchev–Trinajstić information content (AvgIpc) is 2.26. The molecule has 2 fully saturated rings. The Morgan fingerprint density at radius 1 is 1.21 bits per heavy atom. The lowest BCUT2D eigenvalue weighted by Crippen LogP contribution is -2.39. The van der Waals surface area contributed by atoms with Gasteiger partial charge in [-0.15, -0.1) is 0 Å². The smallest absolute Gasteiger partial charge is 0.320 e. The van der Waals surface area contributed by atoms with Crippen LogP contribution in [0.4, 0.5) is 0 Å². The van der Waals surface area contributed by atoms with Crippen molar-refractivity contribution in [1.82, 2.24) is 4.90 Å². The third-order valence-electron chi connectivity index (χ3n) is 4.45. The van der Waals surface area contributed by atoms with Crippen molar-refractivity contribution in [2.45, 2.75) is 65.4 Å². The molecule has 1 aliphatic heterocycles. The molecule has 1 saturated carbocycles. The standard InChI is InChI=1S/C16H29NO2/c1-13-9-14(11-16(2,3)10-13)19-15(18)12-17-7-5-4-6-8-17/h13-14H,4-12H2,1-3H3/t13-,14-/m1/s1. The number of hydrogen-bond acceptors (Lipinski definition) is 3. The molecule has 0 radical (unpaired) electrons. The van der Waals surface area contributed by atoms with Crippen LogP contribution in [0.5, 0.6) is 0 Å². The minimum atomic E-state index is -0.0169. The molecule has 0 unspecified atom stereocenters. The van der Waals surface area contributed by atoms with Crippen molar-refractivity contribution in [2.75, 3.05) is 19.6 Å². The van der Waals surface area contributed by atoms with Crippen LogP contribution in [0.25, 0.3) is 0 Å². The second-order valence-corrected chi connectivity index (χ2v) is 7.36. The molecule has 0 aromatic heterocycles. The van der Waals surface area contributed by atoms with Crippen LogP contribution in [0.1, 0.15) is 59.3 Å². The molecule has 2 rings (SSSR count). The monoisotopic (exact) mass is 267 g/mol. The molecule has 1 heterocycles. The summed E-state index contributed by atoms with van der Waals surface area (Å²) in [5.74, 6) is 0.647. The van der Waals surface area contributed by atoms with E-state index in [2.05, 4.69) is 25.7 Å². The molecule has 0 aromatic rings. The molecule has 2 atom stereocenters. The zero-order valence-electron chi connectivity index (χ0n) is 12.8. The minimum absolute atomic E-state index is 0.0169. The van der Waals surface area contributed by atoms with Gasteiger partial charge in [-0.2, -0.15) is 0 Å². The van der Waals surface area contributed by atoms with Gasteiger partial charge in [0.15, 0.2) is 0 Å². The lowest BCUT2D eigenvalue weighted by Gasteiger charge is -2.38. The number of piperidine rings is 1. The van der Waals surface area contributed by atoms with E-state index in [-0.39, 0.29) is 12.1 Å². The first-order chi connectivity index (χ1) is 8.94. The number of ether oxygens (including phenoxy) is 1. The lowest BCUT2D eigenvalue weighted by molar-refractivity contribution is -0.154. The van der Waals surface area contributed by atoms with E-state index >= 15 is 0 Å². The Hall–Kier alpha value is -0.570. The van der Waals surface area contributed by atoms with Crippen LogP contribution in [-0.4, -0.2) is 36.6 Å². The zero-order chi connectivity index (χ0) is 13.9. The number of esters is 1. The Morgan fingerprint density at radius 3 is 2.53 bits per heavy atom. The molecule has 1 aliphatic carbocycles. The molecule has 110 valence electrons. The quantitative estimate of drug-likeness (QED) is 0.735. The summed E-state index contributed by atoms with van der Waals surface area (Å²) in [6, 6.07) is 0. The normalized spacial score (nSPS) is 31.9. The van der Waals surface area contributed by atoms with Gasteiger partial charge < -0.3 is 4.74 Å². The number of carbonyl (C=O) groups is 1. The van der Waals surface area contributed by atoms with Crippen LogP contribution in [0.3, 0.4) is 0 Å². The van der Waals surface area contributed by atoms with Crippen LogP contribution in [0.15, 0.2) is 0 Å². The van der Waals surface area contributed by atoms with Crippen LogP contribution in [0, 0.1) is 11.3 Å². The Kier molecular flexibility index (Phi) is 4.88. The topological polar surface area (TPSA) is 29.5 Å². The van der Waals surface area contributed by atoms with Crippen molar-refractivity contribution in [2.24, 2.45) is 11.3 Å². The summed E-state index contributed by atoms with van der Waals surface area (Å²) < 4.78 is 5.72. The van der Waals surface area contributed by atoms with Crippen LogP contribution in [-0.2, 0) is 9.53 Å². The summed E-state index contributed by atoms with van der Waals surface area (Å²) >= 11 is 0. The maximum absolute atomic E-state index is 12.0. The second kappa shape index (κ2) is 6.25. The highest BCUT2D eigenvalue weighted by Gasteiger charge is 2.34. The lowest BCUT2D eigenvalue weighted by atomic mass is 9.71. The molecule has 2 aliphatic rings. The number of rotatable bonds is 3. The van der Waals surface area contributed by atoms with Crippen LogP contribution < -0.4 is 0 Å². The van der Waals surface area contributed by atoms with Crippen molar-refractivity contribution < 1.29 is 9.53 Å². The minimum Gasteiger partial charge on any atom is -0.461 e. The molecular formula is C16H29NO2. The molecule has 19 heavy (non-hydrogen) atoms. The van der Waals surface area contributed by atoms with Crippen LogP contribution >= 0.6 is 0 Å². The maximum atomic E-state index is 12.0. The molecule has 0 N–H and O–H groups in total. The van der Waals surface area contributed by atoms with Crippen molar-refractivity contribution >= 4 is 5.97 Å². The summed E-state index contributed by atoms with van der Waals surface area (Å²) in [4.78, 5) is 14.3. The van der Waals surface area contributed by atoms with E-state index < -0.39 is 0 Å². The summed E-state index contributed by atoms with van der Waals surface area (Å²) in [6.45, 7) is 9.45. The van der Waals surface area contributed by atoms with Gasteiger partial charge in [0, 0.05) is 0 Å². The van der Waals surface area contributed by atoms with Gasteiger partial charge in [-0.1, -0.05) is 27.2 Å². The Bertz CT molecular complexity index is 308. The summed E-state index contributed by atoms with van der Waals surface area (Å²) in [6.07, 6.45) is 7.18. The third kappa shape index (κ3) is 4.79. The summed E-state index contributed by atoms with van der Waals surface area (Å²) in [7, 11) is 0. The van der Waals surface area contributed by atoms with Gasteiger partial charge in [0.05, 0.1) is 6.54 Å². The van der Waals surface area contributed by atoms with E-state index in [1.165, 1.54) is 25.7 Å². The van der Waals surface area contributed by atoms with Gasteiger partial charge >= 0.3 is 5.97 Å². The Balaban J connectivity index is 1.78. The molecule has 3 heteroatoms. The molecule has 0 aromatic carbocycles. The number of likely N-dealkylation sites (tertiary alicyclic amines) is 1. The Morgan fingerprint density at radius 2 is 1.89 bits per heavy atom. The first-order valence-electron chi connectivity index (χ1n) is 7.86. The van der Waals surface area contributed by atoms with Crippen molar-refractivity contribution in [1.29, 1.82) is 0 Å². The van der Waals surface area contributed by atoms with Gasteiger partial charge in [0.2, 0.25) is 0 Å². The van der Waals surface area contributed by atoms with Crippen molar-refractivity contribution in [3.8, 4) is 0 Å². The molecule has 1 saturated heterocycles. The SMILES string of the molecule is C[C@@H]1C[C@@H](OC(=O)CN2CCCCC2)CC(C)(C)C1. The van der Waals surface area contributed by atoms with Crippen molar-refractivity contribution in [3.05, 3.63) is 0 Å². The molecule has 0 bridgehead atoms. The van der Waals surface area contributed by atoms with E-state index in [1.807, 2.05) is 0 Å². The van der Waals surface area contributed by atoms with Gasteiger partial charge in [-0.25, -0.2) is 0 Å². The highest BCUT2D eigenvalue weighted by atomic mass is 16.5. The third-order valence-corrected chi connectivity index (χ3v) is 4.45. The largest absolute Gasteiger partial charge is 0.461 e. The fourth-order valence-electron chi connectivity index (χ4n) is 3.87. The van der Waals surface area contributed by atoms with Gasteiger partial charge in [0.25, 0.3) is 0 Å². The van der Waals surface area contributed by atoms with E-state index in [9.17, 15) is 4.79 Å². The first-order valence-corrected chi connectivity index (χ1v) is 7.86. The van der Waals surface area contributed by atoms with Gasteiger partial charge in [-0.3, -0.25) is 9.69 Å². The fraction of sp³-hybridized carbons (Fsp3) is 0.938. The maximum Gasteiger partial charge on any atom is 0.320 e. The van der Waals surface area contributed by atoms with E-state index in [0.717, 1.165) is 25.9 Å². The Labute approximate surface area is 117 Å². The molecule has 0 spiro atoms. The van der Waals surface area contributed by atoms with Crippen LogP contribution in [0.2, 0.25) is 0 Å². The second-order valence-electron chi connectivity index (χ2n) is 7.36. The molecule has 3 nitrogen and oxygen atoms in total. The van der Waals surface area contributed by atoms with Gasteiger partial charge in [0.1, 0.15) is 6.10 Å². The number of carbonyl (C=O) groups excluding carboxylic acids is 1. The summed E-state index contributed by atoms with van der Waals surface area (Å²) in [5, 5.41) is 0. The first kappa shape index (κ1) is 14.8. The molecular weight excluding hydrogens is 238 g/mol. The predicted molar refractivity (Wildman–Crippen MR) is 77.0 cm³/mol. The average molecular weight is 267 g/mol. The van der Waals surface area contributed by atoms with E-state index in [0.29, 0.717) is 17.9 Å². The summed E-state index contributed by atoms with van der Waals surface area (Å²) in [5.41, 5.74) is 0.313. The number of nitrogens with zero attached hydrogens (tertiary/aromatic N) is 1. The van der Waals surface area contributed by atoms with E-state index in [1.54, 1.807) is 0 Å². The highest BCUT2D eigenvalue weighted by molar-refractivity contribution is 5.71. The van der Waals surface area contributed by atoms with E-state index in [4.69, 9.17) is 4.74 Å². The van der Waals surface area contributed by atoms with Gasteiger partial charge in [-0.05, 0) is 56.5 Å². The zero-order valence-corrected chi connectivity index (χ0v) is 12.8.